The van der Waals surface area contributed by atoms with Crippen molar-refractivity contribution >= 4 is 5.97 Å². The van der Waals surface area contributed by atoms with E-state index < -0.39 is 0 Å². The molecule has 1 heterocycles. The lowest BCUT2D eigenvalue weighted by Gasteiger charge is -2.19. The lowest BCUT2D eigenvalue weighted by molar-refractivity contribution is -0.903. The molecule has 2 atom stereocenters. The summed E-state index contributed by atoms with van der Waals surface area (Å²) in [5.41, 5.74) is 1.34. The van der Waals surface area contributed by atoms with Crippen LogP contribution in [0.2, 0.25) is 0 Å². The van der Waals surface area contributed by atoms with E-state index in [0.29, 0.717) is 0 Å². The third-order valence-electron chi connectivity index (χ3n) is 3.55. The van der Waals surface area contributed by atoms with Gasteiger partial charge in [0.1, 0.15) is 0 Å². The Morgan fingerprint density at radius 2 is 2.18 bits per heavy atom. The summed E-state index contributed by atoms with van der Waals surface area (Å²) in [7, 11) is 1.48. The minimum Gasteiger partial charge on any atom is -0.465 e. The van der Waals surface area contributed by atoms with E-state index >= 15 is 0 Å². The van der Waals surface area contributed by atoms with Crippen LogP contribution in [-0.2, 0) is 16.0 Å². The highest BCUT2D eigenvalue weighted by Crippen LogP contribution is 2.03. The van der Waals surface area contributed by atoms with Gasteiger partial charge in [0, 0.05) is 19.3 Å². The molecule has 1 aliphatic rings. The number of hydrogen-bond acceptors (Lipinski definition) is 2. The molecule has 1 aromatic carbocycles. The summed E-state index contributed by atoms with van der Waals surface area (Å²) in [6.45, 7) is 2.11. The fraction of sp³-hybridized carbons (Fsp3) is 0.500. The van der Waals surface area contributed by atoms with Crippen LogP contribution in [0, 0.1) is 0 Å². The summed E-state index contributed by atoms with van der Waals surface area (Å²) in [4.78, 5) is 13.0. The van der Waals surface area contributed by atoms with Crippen LogP contribution in [0.3, 0.4) is 0 Å². The fourth-order valence-electron chi connectivity index (χ4n) is 2.59. The molecule has 1 unspecified atom stereocenters. The zero-order chi connectivity index (χ0) is 12.1. The molecule has 0 radical (unpaired) electrons. The minimum atomic E-state index is -0.0504. The van der Waals surface area contributed by atoms with Gasteiger partial charge in [0.05, 0.1) is 20.2 Å². The first kappa shape index (κ1) is 12.1. The largest absolute Gasteiger partial charge is 0.465 e. The highest BCUT2D eigenvalue weighted by atomic mass is 16.5. The number of nitrogens with one attached hydrogen (secondary N) is 1. The number of hydrogen-bond donors (Lipinski definition) is 1. The van der Waals surface area contributed by atoms with E-state index in [1.54, 1.807) is 0 Å². The second kappa shape index (κ2) is 5.82. The summed E-state index contributed by atoms with van der Waals surface area (Å²) in [5.74, 6) is -0.0504. The Bertz CT molecular complexity index is 364. The van der Waals surface area contributed by atoms with Crippen LogP contribution in [0.1, 0.15) is 18.4 Å². The van der Waals surface area contributed by atoms with Crippen molar-refractivity contribution < 1.29 is 14.4 Å². The minimum absolute atomic E-state index is 0.0504. The second-order valence-corrected chi connectivity index (χ2v) is 4.61. The predicted molar refractivity (Wildman–Crippen MR) is 65.9 cm³/mol. The molecule has 1 aliphatic heterocycles. The Morgan fingerprint density at radius 3 is 2.88 bits per heavy atom. The molecule has 3 nitrogen and oxygen atoms in total. The first-order valence-electron chi connectivity index (χ1n) is 6.27. The Kier molecular flexibility index (Phi) is 4.15. The Balaban J connectivity index is 1.88. The third kappa shape index (κ3) is 3.07. The van der Waals surface area contributed by atoms with Gasteiger partial charge >= 0.3 is 5.97 Å². The van der Waals surface area contributed by atoms with Crippen molar-refractivity contribution in [3.63, 3.8) is 0 Å². The van der Waals surface area contributed by atoms with Gasteiger partial charge in [-0.2, -0.15) is 0 Å². The van der Waals surface area contributed by atoms with Crippen molar-refractivity contribution in [3.05, 3.63) is 35.9 Å². The smallest absolute Gasteiger partial charge is 0.364 e. The molecule has 0 saturated carbocycles. The maximum atomic E-state index is 11.6. The van der Waals surface area contributed by atoms with Gasteiger partial charge in [0.2, 0.25) is 0 Å². The van der Waals surface area contributed by atoms with Crippen LogP contribution in [0.15, 0.2) is 30.3 Å². The predicted octanol–water partition coefficient (Wildman–Crippen LogP) is 0.449. The van der Waals surface area contributed by atoms with Crippen molar-refractivity contribution in [1.82, 2.24) is 0 Å². The monoisotopic (exact) mass is 234 g/mol. The van der Waals surface area contributed by atoms with Crippen molar-refractivity contribution in [2.24, 2.45) is 0 Å². The standard InChI is InChI=1S/C14H19NO2/c1-17-14(16)13-8-5-10-15(13)11-9-12-6-3-2-4-7-12/h2-4,6-7,13H,5,8-11H2,1H3/p+1/t13-/m0/s1. The molecule has 1 fully saturated rings. The number of carbonyl (C=O) groups is 1. The van der Waals surface area contributed by atoms with Gasteiger partial charge < -0.3 is 9.64 Å². The Labute approximate surface area is 102 Å². The lowest BCUT2D eigenvalue weighted by Crippen LogP contribution is -3.15. The Hall–Kier alpha value is -1.35. The molecule has 1 saturated heterocycles. The number of esters is 1. The number of methoxy groups -OCH3 is 1. The molecule has 2 rings (SSSR count). The number of rotatable bonds is 4. The van der Waals surface area contributed by atoms with E-state index in [4.69, 9.17) is 4.74 Å². The van der Waals surface area contributed by atoms with Crippen LogP contribution in [0.5, 0.6) is 0 Å². The molecule has 0 bridgehead atoms. The summed E-state index contributed by atoms with van der Waals surface area (Å²) in [6, 6.07) is 10.5. The summed E-state index contributed by atoms with van der Waals surface area (Å²) in [6.07, 6.45) is 3.13. The van der Waals surface area contributed by atoms with E-state index in [1.807, 2.05) is 6.07 Å². The molecule has 0 aromatic heterocycles. The van der Waals surface area contributed by atoms with E-state index in [1.165, 1.54) is 17.6 Å². The van der Waals surface area contributed by atoms with Crippen LogP contribution >= 0.6 is 0 Å². The number of benzene rings is 1. The zero-order valence-corrected chi connectivity index (χ0v) is 10.3. The first-order chi connectivity index (χ1) is 8.31. The van der Waals surface area contributed by atoms with Gasteiger partial charge in [-0.3, -0.25) is 0 Å². The highest BCUT2D eigenvalue weighted by Gasteiger charge is 2.34. The molecule has 0 spiro atoms. The molecular formula is C14H20NO2+. The van der Waals surface area contributed by atoms with Gasteiger partial charge in [-0.1, -0.05) is 30.3 Å². The van der Waals surface area contributed by atoms with Crippen molar-refractivity contribution in [2.45, 2.75) is 25.3 Å². The maximum absolute atomic E-state index is 11.6. The van der Waals surface area contributed by atoms with Crippen molar-refractivity contribution in [1.29, 1.82) is 0 Å². The molecule has 0 aliphatic carbocycles. The quantitative estimate of drug-likeness (QED) is 0.767. The highest BCUT2D eigenvalue weighted by molar-refractivity contribution is 5.74. The third-order valence-corrected chi connectivity index (χ3v) is 3.55. The van der Waals surface area contributed by atoms with Crippen LogP contribution in [-0.4, -0.2) is 32.2 Å². The fourth-order valence-corrected chi connectivity index (χ4v) is 2.59. The molecule has 92 valence electrons. The summed E-state index contributed by atoms with van der Waals surface area (Å²) in [5, 5.41) is 0. The normalized spacial score (nSPS) is 23.6. The molecule has 1 N–H and O–H groups in total. The van der Waals surface area contributed by atoms with Gasteiger partial charge in [-0.25, -0.2) is 4.79 Å². The van der Waals surface area contributed by atoms with Gasteiger partial charge in [-0.15, -0.1) is 0 Å². The van der Waals surface area contributed by atoms with Gasteiger partial charge in [-0.05, 0) is 5.56 Å². The zero-order valence-electron chi connectivity index (χ0n) is 10.3. The number of carbonyl (C=O) groups excluding carboxylic acids is 1. The van der Waals surface area contributed by atoms with E-state index in [2.05, 4.69) is 24.3 Å². The lowest BCUT2D eigenvalue weighted by atomic mass is 10.1. The first-order valence-corrected chi connectivity index (χ1v) is 6.27. The molecule has 1 aromatic rings. The van der Waals surface area contributed by atoms with Crippen LogP contribution in [0.4, 0.5) is 0 Å². The molecule has 3 heteroatoms. The molecule has 17 heavy (non-hydrogen) atoms. The van der Waals surface area contributed by atoms with E-state index in [0.717, 1.165) is 32.4 Å². The number of ether oxygens (including phenoxy) is 1. The van der Waals surface area contributed by atoms with Gasteiger partial charge in [0.15, 0.2) is 6.04 Å². The van der Waals surface area contributed by atoms with Crippen LogP contribution in [0.25, 0.3) is 0 Å². The average Bonchev–Trinajstić information content (AvgIpc) is 2.85. The SMILES string of the molecule is COC(=O)[C@@H]1CCC[NH+]1CCc1ccccc1. The summed E-state index contributed by atoms with van der Waals surface area (Å²) >= 11 is 0. The summed E-state index contributed by atoms with van der Waals surface area (Å²) < 4.78 is 4.86. The van der Waals surface area contributed by atoms with Crippen molar-refractivity contribution in [2.75, 3.05) is 20.2 Å². The van der Waals surface area contributed by atoms with E-state index in [9.17, 15) is 4.79 Å². The number of quaternary nitrogens is 1. The maximum Gasteiger partial charge on any atom is 0.364 e. The second-order valence-electron chi connectivity index (χ2n) is 4.61. The topological polar surface area (TPSA) is 30.7 Å². The Morgan fingerprint density at radius 1 is 1.41 bits per heavy atom. The van der Waals surface area contributed by atoms with E-state index in [-0.39, 0.29) is 12.0 Å². The van der Waals surface area contributed by atoms with Crippen molar-refractivity contribution in [3.8, 4) is 0 Å². The van der Waals surface area contributed by atoms with Gasteiger partial charge in [0.25, 0.3) is 0 Å². The molecular weight excluding hydrogens is 214 g/mol. The number of likely N-dealkylation sites (tertiary alicyclic amines) is 1. The van der Waals surface area contributed by atoms with Crippen LogP contribution < -0.4 is 4.90 Å². The average molecular weight is 234 g/mol. The molecule has 0 amide bonds.